The van der Waals surface area contributed by atoms with E-state index >= 15 is 0 Å². The van der Waals surface area contributed by atoms with Gasteiger partial charge in [0.05, 0.1) is 5.56 Å². The van der Waals surface area contributed by atoms with Crippen molar-refractivity contribution in [1.82, 2.24) is 20.2 Å². The maximum atomic E-state index is 13.7. The second-order valence-electron chi connectivity index (χ2n) is 8.20. The highest BCUT2D eigenvalue weighted by Crippen LogP contribution is 2.17. The first kappa shape index (κ1) is 22.3. The predicted molar refractivity (Wildman–Crippen MR) is 114 cm³/mol. The van der Waals surface area contributed by atoms with Gasteiger partial charge in [-0.15, -0.1) is 0 Å². The lowest BCUT2D eigenvalue weighted by Gasteiger charge is -2.35. The molecule has 2 aromatic rings. The number of nitrogens with one attached hydrogen (secondary N) is 1. The number of hydrogen-bond donors (Lipinski definition) is 2. The molecule has 1 saturated heterocycles. The van der Waals surface area contributed by atoms with Gasteiger partial charge in [0, 0.05) is 44.5 Å². The average molecular weight is 430 g/mol. The van der Waals surface area contributed by atoms with Crippen LogP contribution in [0.1, 0.15) is 36.7 Å². The molecule has 2 heterocycles. The highest BCUT2D eigenvalue weighted by molar-refractivity contribution is 5.98. The van der Waals surface area contributed by atoms with E-state index in [2.05, 4.69) is 15.3 Å². The van der Waals surface area contributed by atoms with E-state index in [-0.39, 0.29) is 24.0 Å². The first-order chi connectivity index (χ1) is 14.6. The van der Waals surface area contributed by atoms with E-state index in [1.165, 1.54) is 12.3 Å². The van der Waals surface area contributed by atoms with Gasteiger partial charge in [0.1, 0.15) is 17.2 Å². The van der Waals surface area contributed by atoms with E-state index in [9.17, 15) is 14.0 Å². The van der Waals surface area contributed by atoms with Crippen LogP contribution in [0.25, 0.3) is 0 Å². The predicted octanol–water partition coefficient (Wildman–Crippen LogP) is 2.18. The van der Waals surface area contributed by atoms with Gasteiger partial charge in [0.15, 0.2) is 0 Å². The number of rotatable bonds is 4. The normalized spacial score (nSPS) is 14.3. The fourth-order valence-electron chi connectivity index (χ4n) is 3.04. The van der Waals surface area contributed by atoms with Crippen molar-refractivity contribution >= 4 is 23.8 Å². The summed E-state index contributed by atoms with van der Waals surface area (Å²) in [6, 6.07) is 6.20. The van der Waals surface area contributed by atoms with Gasteiger partial charge in [0.25, 0.3) is 5.91 Å². The Hall–Kier alpha value is -3.43. The number of carbonyl (C=O) groups is 2. The fraction of sp³-hybridized carbons (Fsp3) is 0.429. The summed E-state index contributed by atoms with van der Waals surface area (Å²) in [4.78, 5) is 36.6. The third-order valence-corrected chi connectivity index (χ3v) is 4.66. The largest absolute Gasteiger partial charge is 0.444 e. The maximum Gasteiger partial charge on any atom is 0.410 e. The zero-order valence-corrected chi connectivity index (χ0v) is 17.9. The van der Waals surface area contributed by atoms with Gasteiger partial charge >= 0.3 is 6.09 Å². The summed E-state index contributed by atoms with van der Waals surface area (Å²) in [6.07, 6.45) is 1.00. The summed E-state index contributed by atoms with van der Waals surface area (Å²) in [5, 5.41) is 2.62. The van der Waals surface area contributed by atoms with Crippen LogP contribution >= 0.6 is 0 Å². The number of nitrogens with two attached hydrogens (primary N) is 1. The lowest BCUT2D eigenvalue weighted by atomic mass is 10.2. The van der Waals surface area contributed by atoms with Crippen LogP contribution in [0.5, 0.6) is 0 Å². The molecule has 3 N–H and O–H groups in total. The summed E-state index contributed by atoms with van der Waals surface area (Å²) < 4.78 is 19.1. The molecule has 0 unspecified atom stereocenters. The number of piperazine rings is 1. The van der Waals surface area contributed by atoms with Crippen LogP contribution in [0.4, 0.5) is 21.0 Å². The molecule has 0 atom stereocenters. The Morgan fingerprint density at radius 3 is 2.48 bits per heavy atom. The number of nitrogen functional groups attached to an aromatic ring is 1. The van der Waals surface area contributed by atoms with E-state index in [4.69, 9.17) is 10.5 Å². The zero-order valence-electron chi connectivity index (χ0n) is 17.9. The van der Waals surface area contributed by atoms with Crippen molar-refractivity contribution in [1.29, 1.82) is 0 Å². The summed E-state index contributed by atoms with van der Waals surface area (Å²) in [5.74, 6) is -0.465. The molecule has 10 heteroatoms. The van der Waals surface area contributed by atoms with Crippen LogP contribution in [0, 0.1) is 5.82 Å². The molecule has 0 radical (unpaired) electrons. The third-order valence-electron chi connectivity index (χ3n) is 4.66. The number of aromatic nitrogens is 2. The minimum Gasteiger partial charge on any atom is -0.444 e. The average Bonchev–Trinajstić information content (AvgIpc) is 2.72. The van der Waals surface area contributed by atoms with Crippen molar-refractivity contribution in [2.45, 2.75) is 32.9 Å². The second kappa shape index (κ2) is 9.15. The number of hydrogen-bond acceptors (Lipinski definition) is 7. The topological polar surface area (TPSA) is 114 Å². The van der Waals surface area contributed by atoms with Crippen LogP contribution in [-0.2, 0) is 11.3 Å². The van der Waals surface area contributed by atoms with Crippen LogP contribution in [-0.4, -0.2) is 58.6 Å². The van der Waals surface area contributed by atoms with E-state index < -0.39 is 17.3 Å². The first-order valence-corrected chi connectivity index (χ1v) is 10.0. The van der Waals surface area contributed by atoms with Gasteiger partial charge in [-0.05, 0) is 26.8 Å². The Labute approximate surface area is 180 Å². The number of benzene rings is 1. The Balaban J connectivity index is 1.58. The third kappa shape index (κ3) is 5.80. The molecule has 9 nitrogen and oxygen atoms in total. The highest BCUT2D eigenvalue weighted by atomic mass is 19.1. The molecular formula is C21H27FN6O3. The molecule has 1 aliphatic heterocycles. The lowest BCUT2D eigenvalue weighted by Crippen LogP contribution is -2.50. The monoisotopic (exact) mass is 430 g/mol. The molecule has 2 amide bonds. The minimum atomic E-state index is -0.547. The number of amides is 2. The van der Waals surface area contributed by atoms with Crippen molar-refractivity contribution in [2.24, 2.45) is 0 Å². The van der Waals surface area contributed by atoms with Crippen LogP contribution in [0.2, 0.25) is 0 Å². The van der Waals surface area contributed by atoms with Crippen molar-refractivity contribution in [3.8, 4) is 0 Å². The highest BCUT2D eigenvalue weighted by Gasteiger charge is 2.27. The molecule has 31 heavy (non-hydrogen) atoms. The molecule has 1 fully saturated rings. The Bertz CT molecular complexity index is 954. The summed E-state index contributed by atoms with van der Waals surface area (Å²) >= 11 is 0. The SMILES string of the molecule is CC(C)(C)OC(=O)N1CCN(c2ncc(C(=O)NCc3ccccc3F)c(N)n2)CC1. The Morgan fingerprint density at radius 2 is 1.87 bits per heavy atom. The van der Waals surface area contributed by atoms with Crippen LogP contribution < -0.4 is 16.0 Å². The van der Waals surface area contributed by atoms with Crippen molar-refractivity contribution in [3.63, 3.8) is 0 Å². The maximum absolute atomic E-state index is 13.7. The first-order valence-electron chi connectivity index (χ1n) is 10.0. The van der Waals surface area contributed by atoms with Crippen LogP contribution in [0.15, 0.2) is 30.5 Å². The molecular weight excluding hydrogens is 403 g/mol. The van der Waals surface area contributed by atoms with Gasteiger partial charge in [-0.1, -0.05) is 18.2 Å². The number of nitrogens with zero attached hydrogens (tertiary/aromatic N) is 4. The summed E-state index contributed by atoms with van der Waals surface area (Å²) in [7, 11) is 0. The van der Waals surface area contributed by atoms with Crippen molar-refractivity contribution < 1.29 is 18.7 Å². The van der Waals surface area contributed by atoms with Crippen molar-refractivity contribution in [3.05, 3.63) is 47.4 Å². The molecule has 1 aromatic heterocycles. The molecule has 1 aliphatic rings. The number of ether oxygens (including phenoxy) is 1. The lowest BCUT2D eigenvalue weighted by molar-refractivity contribution is 0.0240. The smallest absolute Gasteiger partial charge is 0.410 e. The van der Waals surface area contributed by atoms with Crippen LogP contribution in [0.3, 0.4) is 0 Å². The quantitative estimate of drug-likeness (QED) is 0.764. The van der Waals surface area contributed by atoms with E-state index in [1.54, 1.807) is 23.1 Å². The molecule has 3 rings (SSSR count). The number of carbonyl (C=O) groups excluding carboxylic acids is 2. The minimum absolute atomic E-state index is 0.0271. The molecule has 0 saturated carbocycles. The standard InChI is InChI=1S/C21H27FN6O3/c1-21(2,3)31-20(30)28-10-8-27(9-11-28)19-25-13-15(17(23)26-19)18(29)24-12-14-6-4-5-7-16(14)22/h4-7,13H,8-12H2,1-3H3,(H,24,29)(H2,23,25,26). The summed E-state index contributed by atoms with van der Waals surface area (Å²) in [5.41, 5.74) is 5.92. The molecule has 0 spiro atoms. The molecule has 0 aliphatic carbocycles. The summed E-state index contributed by atoms with van der Waals surface area (Å²) in [6.45, 7) is 7.45. The zero-order chi connectivity index (χ0) is 22.6. The van der Waals surface area contributed by atoms with E-state index in [0.29, 0.717) is 37.7 Å². The Kier molecular flexibility index (Phi) is 6.57. The van der Waals surface area contributed by atoms with Gasteiger partial charge < -0.3 is 25.6 Å². The number of halogens is 1. The molecule has 0 bridgehead atoms. The fourth-order valence-corrected chi connectivity index (χ4v) is 3.04. The van der Waals surface area contributed by atoms with Crippen molar-refractivity contribution in [2.75, 3.05) is 36.8 Å². The van der Waals surface area contributed by atoms with Gasteiger partial charge in [-0.2, -0.15) is 4.98 Å². The van der Waals surface area contributed by atoms with E-state index in [1.807, 2.05) is 25.7 Å². The van der Waals surface area contributed by atoms with Gasteiger partial charge in [-0.25, -0.2) is 14.2 Å². The van der Waals surface area contributed by atoms with Gasteiger partial charge in [0.2, 0.25) is 5.95 Å². The Morgan fingerprint density at radius 1 is 1.19 bits per heavy atom. The van der Waals surface area contributed by atoms with Gasteiger partial charge in [-0.3, -0.25) is 4.79 Å². The number of anilines is 2. The molecule has 166 valence electrons. The molecule has 1 aromatic carbocycles. The van der Waals surface area contributed by atoms with E-state index in [0.717, 1.165) is 0 Å². The second-order valence-corrected chi connectivity index (χ2v) is 8.20.